The maximum atomic E-state index is 13.1. The first kappa shape index (κ1) is 21.2. The van der Waals surface area contributed by atoms with E-state index in [9.17, 15) is 17.2 Å². The van der Waals surface area contributed by atoms with E-state index in [4.69, 9.17) is 0 Å². The summed E-state index contributed by atoms with van der Waals surface area (Å²) in [6.45, 7) is 1.39. The molecule has 0 radical (unpaired) electrons. The Balaban J connectivity index is 1.37. The van der Waals surface area contributed by atoms with Crippen molar-refractivity contribution in [2.45, 2.75) is 32.1 Å². The highest BCUT2D eigenvalue weighted by atomic mass is 32.2. The fraction of sp³-hybridized carbons (Fsp3) is 0.524. The zero-order valence-electron chi connectivity index (χ0n) is 17.4. The molecular formula is C21H24F2N6O2S. The van der Waals surface area contributed by atoms with Crippen molar-refractivity contribution in [3.63, 3.8) is 0 Å². The molecule has 8 nitrogen and oxygen atoms in total. The summed E-state index contributed by atoms with van der Waals surface area (Å²) in [4.78, 5) is 15.0. The molecule has 11 heteroatoms. The lowest BCUT2D eigenvalue weighted by atomic mass is 10.00. The molecule has 1 aliphatic heterocycles. The normalized spacial score (nSPS) is 19.7. The fourth-order valence-electron chi connectivity index (χ4n) is 4.32. The molecule has 0 bridgehead atoms. The minimum absolute atomic E-state index is 0.0666. The first-order chi connectivity index (χ1) is 15.4. The second-order valence-corrected chi connectivity index (χ2v) is 10.9. The second-order valence-electron chi connectivity index (χ2n) is 8.71. The predicted molar refractivity (Wildman–Crippen MR) is 115 cm³/mol. The van der Waals surface area contributed by atoms with Crippen molar-refractivity contribution in [3.8, 4) is 11.4 Å². The van der Waals surface area contributed by atoms with Gasteiger partial charge in [-0.2, -0.15) is 5.10 Å². The lowest BCUT2D eigenvalue weighted by Crippen LogP contribution is -2.39. The number of anilines is 1. The van der Waals surface area contributed by atoms with Crippen LogP contribution in [0.4, 0.5) is 14.6 Å². The van der Waals surface area contributed by atoms with E-state index >= 15 is 0 Å². The van der Waals surface area contributed by atoms with Crippen molar-refractivity contribution in [1.82, 2.24) is 24.6 Å². The van der Waals surface area contributed by atoms with Crippen LogP contribution in [0.5, 0.6) is 0 Å². The number of halogens is 2. The van der Waals surface area contributed by atoms with Gasteiger partial charge in [0.05, 0.1) is 23.4 Å². The van der Waals surface area contributed by atoms with Crippen LogP contribution in [0.15, 0.2) is 30.7 Å². The van der Waals surface area contributed by atoms with Crippen molar-refractivity contribution >= 4 is 21.3 Å². The van der Waals surface area contributed by atoms with E-state index in [-0.39, 0.29) is 17.4 Å². The third-order valence-corrected chi connectivity index (χ3v) is 8.00. The van der Waals surface area contributed by atoms with E-state index in [0.717, 1.165) is 32.2 Å². The Morgan fingerprint density at radius 1 is 1.06 bits per heavy atom. The van der Waals surface area contributed by atoms with E-state index in [1.165, 1.54) is 23.0 Å². The zero-order valence-corrected chi connectivity index (χ0v) is 18.3. The number of nitrogens with zero attached hydrogens (tertiary/aromatic N) is 6. The number of rotatable bonds is 7. The fourth-order valence-corrected chi connectivity index (χ4v) is 6.50. The molecule has 2 fully saturated rings. The largest absolute Gasteiger partial charge is 0.356 e. The Kier molecular flexibility index (Phi) is 5.52. The Hall–Kier alpha value is -2.69. The van der Waals surface area contributed by atoms with Crippen LogP contribution in [0.25, 0.3) is 17.0 Å². The number of fused-ring (bicyclic) bond motifs is 1. The summed E-state index contributed by atoms with van der Waals surface area (Å²) >= 11 is 0. The predicted octanol–water partition coefficient (Wildman–Crippen LogP) is 3.17. The molecule has 3 aromatic heterocycles. The van der Waals surface area contributed by atoms with Crippen molar-refractivity contribution in [2.24, 2.45) is 11.8 Å². The summed E-state index contributed by atoms with van der Waals surface area (Å²) in [5, 5.41) is 4.00. The molecule has 0 amide bonds. The molecular weight excluding hydrogens is 438 g/mol. The molecule has 0 unspecified atom stereocenters. The minimum atomic E-state index is -3.04. The van der Waals surface area contributed by atoms with Gasteiger partial charge in [-0.25, -0.2) is 36.7 Å². The Bertz CT molecular complexity index is 1230. The van der Waals surface area contributed by atoms with E-state index in [2.05, 4.69) is 25.0 Å². The third-order valence-electron chi connectivity index (χ3n) is 6.04. The van der Waals surface area contributed by atoms with Gasteiger partial charge in [0, 0.05) is 19.2 Å². The smallest absolute Gasteiger partial charge is 0.282 e. The monoisotopic (exact) mass is 462 g/mol. The van der Waals surface area contributed by atoms with E-state index < -0.39 is 16.3 Å². The van der Waals surface area contributed by atoms with Gasteiger partial charge in [0.25, 0.3) is 6.43 Å². The molecule has 1 aliphatic carbocycles. The van der Waals surface area contributed by atoms with Crippen LogP contribution in [0.1, 0.15) is 37.8 Å². The van der Waals surface area contributed by atoms with Crippen LogP contribution < -0.4 is 4.90 Å². The first-order valence-electron chi connectivity index (χ1n) is 10.8. The van der Waals surface area contributed by atoms with Crippen molar-refractivity contribution in [2.75, 3.05) is 29.5 Å². The van der Waals surface area contributed by atoms with Gasteiger partial charge >= 0.3 is 0 Å². The highest BCUT2D eigenvalue weighted by Gasteiger charge is 2.31. The molecule has 32 heavy (non-hydrogen) atoms. The summed E-state index contributed by atoms with van der Waals surface area (Å²) in [5.74, 6) is 1.62. The third kappa shape index (κ3) is 4.57. The van der Waals surface area contributed by atoms with Crippen LogP contribution in [0.2, 0.25) is 0 Å². The molecule has 0 spiro atoms. The summed E-state index contributed by atoms with van der Waals surface area (Å²) in [7, 11) is -3.04. The molecule has 5 rings (SSSR count). The van der Waals surface area contributed by atoms with Gasteiger partial charge in [-0.15, -0.1) is 0 Å². The maximum absolute atomic E-state index is 13.1. The molecule has 170 valence electrons. The van der Waals surface area contributed by atoms with Gasteiger partial charge in [0.15, 0.2) is 15.5 Å². The number of aromatic nitrogens is 5. The van der Waals surface area contributed by atoms with Crippen LogP contribution in [0.3, 0.4) is 0 Å². The van der Waals surface area contributed by atoms with Crippen molar-refractivity contribution < 1.29 is 17.2 Å². The minimum Gasteiger partial charge on any atom is -0.356 e. The molecule has 2 aliphatic rings. The lowest BCUT2D eigenvalue weighted by Gasteiger charge is -2.33. The van der Waals surface area contributed by atoms with Gasteiger partial charge in [-0.05, 0) is 49.7 Å². The Morgan fingerprint density at radius 3 is 2.66 bits per heavy atom. The molecule has 1 saturated heterocycles. The molecule has 4 heterocycles. The number of alkyl halides is 2. The summed E-state index contributed by atoms with van der Waals surface area (Å²) < 4.78 is 52.5. The average Bonchev–Trinajstić information content (AvgIpc) is 3.47. The van der Waals surface area contributed by atoms with Crippen LogP contribution >= 0.6 is 0 Å². The van der Waals surface area contributed by atoms with Crippen molar-refractivity contribution in [1.29, 1.82) is 0 Å². The standard InChI is InChI=1S/C21H24F2N6O2S/c22-21(23)16-5-6-19-24-9-18(29(19)27-16)17-8-20(26-13-25-17)28-7-1-2-15(10-28)12-32(30,31)11-14-3-4-14/h5-6,8-9,13-15,21H,1-4,7,10-12H2/t15-/m0/s1. The number of imidazole rings is 1. The number of piperidine rings is 1. The van der Waals surface area contributed by atoms with Crippen LogP contribution in [-0.2, 0) is 9.84 Å². The summed E-state index contributed by atoms with van der Waals surface area (Å²) in [5.41, 5.74) is 1.12. The Labute approximate surface area is 184 Å². The average molecular weight is 463 g/mol. The number of hydrogen-bond donors (Lipinski definition) is 0. The van der Waals surface area contributed by atoms with Crippen LogP contribution in [-0.4, -0.2) is 57.6 Å². The Morgan fingerprint density at radius 2 is 1.88 bits per heavy atom. The topological polar surface area (TPSA) is 93.4 Å². The lowest BCUT2D eigenvalue weighted by molar-refractivity contribution is 0.144. The molecule has 3 aromatic rings. The highest BCUT2D eigenvalue weighted by molar-refractivity contribution is 7.91. The summed E-state index contributed by atoms with van der Waals surface area (Å²) in [6, 6.07) is 4.53. The molecule has 1 saturated carbocycles. The van der Waals surface area contributed by atoms with E-state index in [1.54, 1.807) is 12.3 Å². The van der Waals surface area contributed by atoms with Gasteiger partial charge in [0.2, 0.25) is 0 Å². The van der Waals surface area contributed by atoms with E-state index in [1.807, 2.05) is 0 Å². The van der Waals surface area contributed by atoms with E-state index in [0.29, 0.717) is 41.1 Å². The molecule has 0 N–H and O–H groups in total. The number of hydrogen-bond acceptors (Lipinski definition) is 7. The van der Waals surface area contributed by atoms with Gasteiger partial charge < -0.3 is 4.90 Å². The molecule has 1 atom stereocenters. The second kappa shape index (κ2) is 8.34. The van der Waals surface area contributed by atoms with Gasteiger partial charge in [-0.1, -0.05) is 0 Å². The van der Waals surface area contributed by atoms with Crippen molar-refractivity contribution in [3.05, 3.63) is 36.4 Å². The van der Waals surface area contributed by atoms with Gasteiger partial charge in [-0.3, -0.25) is 0 Å². The quantitative estimate of drug-likeness (QED) is 0.532. The van der Waals surface area contributed by atoms with Crippen LogP contribution in [0, 0.1) is 11.8 Å². The maximum Gasteiger partial charge on any atom is 0.282 e. The SMILES string of the molecule is O=S(=O)(CC1CC1)C[C@H]1CCCN(c2cc(-c3cnc4ccc(C(F)F)nn34)ncn2)C1. The molecule has 0 aromatic carbocycles. The summed E-state index contributed by atoms with van der Waals surface area (Å²) in [6.07, 6.45) is 4.11. The number of sulfone groups is 1. The zero-order chi connectivity index (χ0) is 22.3. The first-order valence-corrected chi connectivity index (χ1v) is 12.6. The van der Waals surface area contributed by atoms with Gasteiger partial charge in [0.1, 0.15) is 23.5 Å². The highest BCUT2D eigenvalue weighted by Crippen LogP contribution is 2.32.